The van der Waals surface area contributed by atoms with Crippen LogP contribution in [0.15, 0.2) is 23.8 Å². The Labute approximate surface area is 158 Å². The number of fused-ring (bicyclic) bond motifs is 2. The molecule has 3 fully saturated rings. The molecule has 3 heteroatoms. The Morgan fingerprint density at radius 1 is 1.15 bits per heavy atom. The summed E-state index contributed by atoms with van der Waals surface area (Å²) in [5.74, 6) is 0.875. The predicted octanol–water partition coefficient (Wildman–Crippen LogP) is 5.06. The maximum absolute atomic E-state index is 13.0. The average molecular weight is 359 g/mol. The molecule has 0 spiro atoms. The summed E-state index contributed by atoms with van der Waals surface area (Å²) in [6, 6.07) is 0. The Kier molecular flexibility index (Phi) is 4.10. The van der Waals surface area contributed by atoms with E-state index in [4.69, 9.17) is 9.47 Å². The van der Waals surface area contributed by atoms with E-state index in [1.807, 2.05) is 13.8 Å². The molecule has 0 aromatic carbocycles. The van der Waals surface area contributed by atoms with Gasteiger partial charge in [0.15, 0.2) is 11.6 Å². The highest BCUT2D eigenvalue weighted by atomic mass is 16.7. The lowest BCUT2D eigenvalue weighted by molar-refractivity contribution is -0.250. The highest BCUT2D eigenvalue weighted by Gasteiger charge is 2.61. The van der Waals surface area contributed by atoms with Gasteiger partial charge in [-0.05, 0) is 61.3 Å². The summed E-state index contributed by atoms with van der Waals surface area (Å²) in [4.78, 5) is 13.0. The van der Waals surface area contributed by atoms with E-state index in [-0.39, 0.29) is 23.2 Å². The number of rotatable bonds is 1. The number of ketones is 1. The van der Waals surface area contributed by atoms with Crippen LogP contribution in [0.1, 0.15) is 66.7 Å². The van der Waals surface area contributed by atoms with Gasteiger partial charge in [0.05, 0.1) is 12.7 Å². The maximum Gasteiger partial charge on any atom is 0.163 e. The van der Waals surface area contributed by atoms with Crippen LogP contribution >= 0.6 is 0 Å². The van der Waals surface area contributed by atoms with E-state index in [0.717, 1.165) is 17.6 Å². The van der Waals surface area contributed by atoms with Gasteiger partial charge in [-0.1, -0.05) is 39.8 Å². The molecule has 1 saturated heterocycles. The van der Waals surface area contributed by atoms with Gasteiger partial charge in [-0.25, -0.2) is 0 Å². The van der Waals surface area contributed by atoms with Crippen molar-refractivity contribution < 1.29 is 14.3 Å². The van der Waals surface area contributed by atoms with Gasteiger partial charge in [-0.2, -0.15) is 0 Å². The van der Waals surface area contributed by atoms with Crippen molar-refractivity contribution in [3.63, 3.8) is 0 Å². The van der Waals surface area contributed by atoms with Gasteiger partial charge in [-0.15, -0.1) is 0 Å². The van der Waals surface area contributed by atoms with Crippen LogP contribution in [0.3, 0.4) is 0 Å². The molecule has 4 rings (SSSR count). The SMILES string of the molecule is C=CC1=C2COC(C)(C)OC3CC4C(C)(C)CCCC4(C)C(CC1=O)C23. The minimum atomic E-state index is -0.610. The van der Waals surface area contributed by atoms with Gasteiger partial charge >= 0.3 is 0 Å². The third-order valence-electron chi connectivity index (χ3n) is 8.09. The van der Waals surface area contributed by atoms with Crippen LogP contribution in [0, 0.1) is 28.6 Å². The summed E-state index contributed by atoms with van der Waals surface area (Å²) in [6.07, 6.45) is 7.35. The van der Waals surface area contributed by atoms with Gasteiger partial charge in [0, 0.05) is 17.9 Å². The van der Waals surface area contributed by atoms with Gasteiger partial charge in [0.25, 0.3) is 0 Å². The number of hydrogen-bond acceptors (Lipinski definition) is 3. The Balaban J connectivity index is 1.87. The van der Waals surface area contributed by atoms with E-state index in [1.54, 1.807) is 6.08 Å². The molecule has 0 radical (unpaired) electrons. The number of allylic oxidation sites excluding steroid dienone is 2. The fourth-order valence-corrected chi connectivity index (χ4v) is 6.93. The van der Waals surface area contributed by atoms with Gasteiger partial charge in [-0.3, -0.25) is 4.79 Å². The van der Waals surface area contributed by atoms with Crippen molar-refractivity contribution >= 4 is 5.78 Å². The Hall–Kier alpha value is -0.930. The quantitative estimate of drug-likeness (QED) is 0.657. The average Bonchev–Trinajstić information content (AvgIpc) is 2.66. The van der Waals surface area contributed by atoms with Gasteiger partial charge in [0.1, 0.15) is 0 Å². The minimum absolute atomic E-state index is 0.131. The van der Waals surface area contributed by atoms with E-state index >= 15 is 0 Å². The van der Waals surface area contributed by atoms with Crippen molar-refractivity contribution in [2.75, 3.05) is 6.61 Å². The number of carbonyl (C=O) groups excluding carboxylic acids is 1. The molecule has 144 valence electrons. The number of carbonyl (C=O) groups is 1. The third kappa shape index (κ3) is 2.57. The van der Waals surface area contributed by atoms with Crippen LogP contribution in [0.4, 0.5) is 0 Å². The lowest BCUT2D eigenvalue weighted by Gasteiger charge is -2.62. The molecule has 0 bridgehead atoms. The first-order chi connectivity index (χ1) is 12.1. The number of ether oxygens (including phenoxy) is 2. The fraction of sp³-hybridized carbons (Fsp3) is 0.783. The summed E-state index contributed by atoms with van der Waals surface area (Å²) >= 11 is 0. The first-order valence-corrected chi connectivity index (χ1v) is 10.3. The maximum atomic E-state index is 13.0. The monoisotopic (exact) mass is 358 g/mol. The van der Waals surface area contributed by atoms with Gasteiger partial charge < -0.3 is 9.47 Å². The Morgan fingerprint density at radius 3 is 2.58 bits per heavy atom. The summed E-state index contributed by atoms with van der Waals surface area (Å²) in [6.45, 7) is 15.7. The topological polar surface area (TPSA) is 35.5 Å². The van der Waals surface area contributed by atoms with Crippen LogP contribution in [0.2, 0.25) is 0 Å². The Bertz CT molecular complexity index is 671. The number of Topliss-reactive ketones (excluding diaryl/α,β-unsaturated/α-hetero) is 1. The molecule has 1 aliphatic heterocycles. The molecule has 3 aliphatic carbocycles. The van der Waals surface area contributed by atoms with Crippen LogP contribution in [-0.4, -0.2) is 24.3 Å². The predicted molar refractivity (Wildman–Crippen MR) is 103 cm³/mol. The van der Waals surface area contributed by atoms with Crippen molar-refractivity contribution in [2.45, 2.75) is 78.6 Å². The molecule has 2 saturated carbocycles. The van der Waals surface area contributed by atoms with Crippen molar-refractivity contribution in [1.29, 1.82) is 0 Å². The standard InChI is InChI=1S/C23H34O3/c1-7-14-15-13-25-22(4,5)26-18-12-19-21(2,3)9-8-10-23(19,6)16(20(15)18)11-17(14)24/h7,16,18-20H,1,8-13H2,2-6H3. The second kappa shape index (κ2) is 5.78. The van der Waals surface area contributed by atoms with Crippen LogP contribution in [0.5, 0.6) is 0 Å². The second-order valence-electron chi connectivity index (χ2n) is 10.4. The molecule has 3 nitrogen and oxygen atoms in total. The molecule has 0 aromatic heterocycles. The normalized spacial score (nSPS) is 44.0. The molecular weight excluding hydrogens is 324 g/mol. The molecule has 0 N–H and O–H groups in total. The van der Waals surface area contributed by atoms with E-state index in [9.17, 15) is 4.79 Å². The second-order valence-corrected chi connectivity index (χ2v) is 10.4. The van der Waals surface area contributed by atoms with Crippen molar-refractivity contribution in [3.8, 4) is 0 Å². The minimum Gasteiger partial charge on any atom is -0.347 e. The molecule has 0 aromatic rings. The highest BCUT2D eigenvalue weighted by molar-refractivity contribution is 6.00. The molecule has 1 heterocycles. The molecule has 5 atom stereocenters. The van der Waals surface area contributed by atoms with Crippen LogP contribution in [0.25, 0.3) is 0 Å². The summed E-state index contributed by atoms with van der Waals surface area (Å²) in [7, 11) is 0. The molecule has 5 unspecified atom stereocenters. The smallest absolute Gasteiger partial charge is 0.163 e. The van der Waals surface area contributed by atoms with Gasteiger partial charge in [0.2, 0.25) is 0 Å². The largest absolute Gasteiger partial charge is 0.347 e. The zero-order valence-corrected chi connectivity index (χ0v) is 17.1. The lowest BCUT2D eigenvalue weighted by atomic mass is 9.43. The van der Waals surface area contributed by atoms with Crippen LogP contribution < -0.4 is 0 Å². The highest BCUT2D eigenvalue weighted by Crippen LogP contribution is 2.65. The third-order valence-corrected chi connectivity index (χ3v) is 8.09. The molecule has 4 aliphatic rings. The lowest BCUT2D eigenvalue weighted by Crippen LogP contribution is -2.58. The van der Waals surface area contributed by atoms with Crippen molar-refractivity contribution in [2.24, 2.45) is 28.6 Å². The molecular formula is C23H34O3. The Morgan fingerprint density at radius 2 is 1.88 bits per heavy atom. The molecule has 0 amide bonds. The first kappa shape index (κ1) is 18.4. The van der Waals surface area contributed by atoms with Crippen LogP contribution in [-0.2, 0) is 14.3 Å². The number of hydrogen-bond donors (Lipinski definition) is 0. The van der Waals surface area contributed by atoms with E-state index in [1.165, 1.54) is 19.3 Å². The van der Waals surface area contributed by atoms with Crippen molar-refractivity contribution in [1.82, 2.24) is 0 Å². The first-order valence-electron chi connectivity index (χ1n) is 10.3. The van der Waals surface area contributed by atoms with E-state index in [2.05, 4.69) is 27.4 Å². The summed E-state index contributed by atoms with van der Waals surface area (Å²) < 4.78 is 12.7. The zero-order valence-electron chi connectivity index (χ0n) is 17.1. The van der Waals surface area contributed by atoms with Crippen molar-refractivity contribution in [3.05, 3.63) is 23.8 Å². The fourth-order valence-electron chi connectivity index (χ4n) is 6.93. The van der Waals surface area contributed by atoms with E-state index < -0.39 is 5.79 Å². The zero-order chi connectivity index (χ0) is 18.9. The summed E-state index contributed by atoms with van der Waals surface area (Å²) in [5.41, 5.74) is 2.45. The summed E-state index contributed by atoms with van der Waals surface area (Å²) in [5, 5.41) is 0. The molecule has 26 heavy (non-hydrogen) atoms. The van der Waals surface area contributed by atoms with E-state index in [0.29, 0.717) is 30.3 Å².